The van der Waals surface area contributed by atoms with Crippen LogP contribution in [0.3, 0.4) is 0 Å². The monoisotopic (exact) mass is 554 g/mol. The molecule has 0 amide bonds. The minimum Gasteiger partial charge on any atom is -0.372 e. The number of aryl methyl sites for hydroxylation is 1. The largest absolute Gasteiger partial charge is 0.416 e. The highest BCUT2D eigenvalue weighted by Crippen LogP contribution is 2.37. The van der Waals surface area contributed by atoms with Crippen molar-refractivity contribution in [1.29, 1.82) is 0 Å². The van der Waals surface area contributed by atoms with Gasteiger partial charge in [-0.25, -0.2) is 4.68 Å². The molecule has 9 nitrogen and oxygen atoms in total. The van der Waals surface area contributed by atoms with E-state index in [-0.39, 0.29) is 18.8 Å². The molecule has 0 aliphatic carbocycles. The number of H-pyrrole nitrogens is 1. The molecule has 3 heterocycles. The van der Waals surface area contributed by atoms with Crippen molar-refractivity contribution in [3.05, 3.63) is 82.8 Å². The molecule has 2 aromatic heterocycles. The third-order valence-electron chi connectivity index (χ3n) is 7.14. The van der Waals surface area contributed by atoms with Crippen molar-refractivity contribution in [3.8, 4) is 11.3 Å². The number of ether oxygens (including phenoxy) is 1. The second-order valence-electron chi connectivity index (χ2n) is 10.4. The number of nitrogens with one attached hydrogen (secondary N) is 1. The van der Waals surface area contributed by atoms with Gasteiger partial charge in [0.15, 0.2) is 0 Å². The van der Waals surface area contributed by atoms with E-state index in [2.05, 4.69) is 42.8 Å². The van der Waals surface area contributed by atoms with Crippen LogP contribution in [0, 0.1) is 0 Å². The molecule has 1 N–H and O–H groups in total. The number of aromatic amines is 1. The van der Waals surface area contributed by atoms with Crippen LogP contribution in [0.5, 0.6) is 0 Å². The summed E-state index contributed by atoms with van der Waals surface area (Å²) in [5.41, 5.74) is 3.47. The van der Waals surface area contributed by atoms with E-state index in [4.69, 9.17) is 4.74 Å². The van der Waals surface area contributed by atoms with Crippen molar-refractivity contribution in [2.75, 3.05) is 20.6 Å². The molecule has 5 rings (SSSR count). The molecular weight excluding hydrogens is 521 g/mol. The average molecular weight is 555 g/mol. The fourth-order valence-corrected chi connectivity index (χ4v) is 5.32. The van der Waals surface area contributed by atoms with E-state index in [1.807, 2.05) is 37.2 Å². The van der Waals surface area contributed by atoms with Crippen molar-refractivity contribution in [2.24, 2.45) is 7.05 Å². The minimum absolute atomic E-state index is 0.0415. The molecular formula is C28H33F3N8O. The Hall–Kier alpha value is -3.61. The molecule has 40 heavy (non-hydrogen) atoms. The van der Waals surface area contributed by atoms with Gasteiger partial charge < -0.3 is 9.64 Å². The Morgan fingerprint density at radius 2 is 1.85 bits per heavy atom. The summed E-state index contributed by atoms with van der Waals surface area (Å²) in [4.78, 5) is 4.38. The van der Waals surface area contributed by atoms with Crippen LogP contribution in [0.2, 0.25) is 0 Å². The van der Waals surface area contributed by atoms with Gasteiger partial charge in [-0.1, -0.05) is 35.5 Å². The Bertz CT molecular complexity index is 1400. The number of hydrogen-bond acceptors (Lipinski definition) is 7. The van der Waals surface area contributed by atoms with Crippen molar-refractivity contribution < 1.29 is 17.9 Å². The van der Waals surface area contributed by atoms with Crippen molar-refractivity contribution in [2.45, 2.75) is 50.9 Å². The van der Waals surface area contributed by atoms with Crippen molar-refractivity contribution >= 4 is 0 Å². The topological polar surface area (TPSA) is 88.0 Å². The van der Waals surface area contributed by atoms with Crippen LogP contribution in [-0.2, 0) is 37.7 Å². The zero-order valence-corrected chi connectivity index (χ0v) is 22.8. The number of benzene rings is 2. The van der Waals surface area contributed by atoms with Crippen LogP contribution in [0.4, 0.5) is 13.2 Å². The molecule has 1 aliphatic heterocycles. The summed E-state index contributed by atoms with van der Waals surface area (Å²) in [5, 5.41) is 19.2. The first-order chi connectivity index (χ1) is 19.2. The third-order valence-corrected chi connectivity index (χ3v) is 7.14. The number of rotatable bonds is 9. The van der Waals surface area contributed by atoms with Crippen LogP contribution in [0.15, 0.2) is 54.7 Å². The predicted octanol–water partition coefficient (Wildman–Crippen LogP) is 4.60. The van der Waals surface area contributed by atoms with E-state index in [1.54, 1.807) is 13.1 Å². The van der Waals surface area contributed by atoms with Crippen LogP contribution in [-0.4, -0.2) is 66.9 Å². The fraction of sp³-hybridized carbons (Fsp3) is 0.429. The lowest BCUT2D eigenvalue weighted by molar-refractivity contribution is -0.137. The quantitative estimate of drug-likeness (QED) is 0.324. The molecule has 0 saturated carbocycles. The standard InChI is InChI=1S/C28H33F3N8O/c1-37(2)16-23-24(34-35-33-23)17-39-11-7-10-26(27(39)20-8-5-4-6-9-20)40-18-19-12-21(25-15-32-36-38(25)3)14-22(13-19)28(29,30)31/h4-6,8-9,12-15,26-27H,7,10-11,16-18H2,1-3H3,(H,33,34,35)/t26-,27-/m0/s1. The first kappa shape index (κ1) is 27.9. The van der Waals surface area contributed by atoms with Gasteiger partial charge in [-0.05, 0) is 62.8 Å². The molecule has 2 aromatic carbocycles. The number of hydrogen-bond donors (Lipinski definition) is 1. The van der Waals surface area contributed by atoms with Gasteiger partial charge in [-0.3, -0.25) is 4.90 Å². The Morgan fingerprint density at radius 3 is 2.55 bits per heavy atom. The molecule has 1 saturated heterocycles. The number of halogens is 3. The maximum atomic E-state index is 13.8. The van der Waals surface area contributed by atoms with Crippen LogP contribution in [0.25, 0.3) is 11.3 Å². The highest BCUT2D eigenvalue weighted by atomic mass is 19.4. The van der Waals surface area contributed by atoms with E-state index >= 15 is 0 Å². The summed E-state index contributed by atoms with van der Waals surface area (Å²) in [6.45, 7) is 2.13. The molecule has 12 heteroatoms. The van der Waals surface area contributed by atoms with Gasteiger partial charge in [0.05, 0.1) is 36.2 Å². The zero-order valence-electron chi connectivity index (χ0n) is 22.8. The Morgan fingerprint density at radius 1 is 1.07 bits per heavy atom. The molecule has 1 aliphatic rings. The number of aromatic nitrogens is 6. The van der Waals surface area contributed by atoms with E-state index in [0.717, 1.165) is 48.5 Å². The van der Waals surface area contributed by atoms with Crippen molar-refractivity contribution in [3.63, 3.8) is 0 Å². The summed E-state index contributed by atoms with van der Waals surface area (Å²) in [5.74, 6) is 0. The Labute approximate surface area is 230 Å². The van der Waals surface area contributed by atoms with E-state index in [0.29, 0.717) is 29.9 Å². The summed E-state index contributed by atoms with van der Waals surface area (Å²) in [7, 11) is 5.62. The molecule has 0 bridgehead atoms. The first-order valence-corrected chi connectivity index (χ1v) is 13.2. The SMILES string of the molecule is CN(C)Cc1n[nH]nc1CN1CCC[C@H](OCc2cc(-c3cnnn3C)cc(C(F)(F)F)c2)[C@@H]1c1ccccc1. The zero-order chi connectivity index (χ0) is 28.3. The number of piperidine rings is 1. The van der Waals surface area contributed by atoms with Gasteiger partial charge in [0.2, 0.25) is 0 Å². The lowest BCUT2D eigenvalue weighted by Crippen LogP contribution is -2.42. The first-order valence-electron chi connectivity index (χ1n) is 13.2. The van der Waals surface area contributed by atoms with E-state index in [1.165, 1.54) is 10.9 Å². The number of alkyl halides is 3. The lowest BCUT2D eigenvalue weighted by atomic mass is 9.92. The summed E-state index contributed by atoms with van der Waals surface area (Å²) in [6.07, 6.45) is -1.58. The number of likely N-dealkylation sites (tertiary alicyclic amines) is 1. The molecule has 1 fully saturated rings. The summed E-state index contributed by atoms with van der Waals surface area (Å²) >= 11 is 0. The van der Waals surface area contributed by atoms with E-state index < -0.39 is 11.7 Å². The molecule has 0 unspecified atom stereocenters. The van der Waals surface area contributed by atoms with Gasteiger partial charge in [0.1, 0.15) is 11.4 Å². The average Bonchev–Trinajstić information content (AvgIpc) is 3.55. The summed E-state index contributed by atoms with van der Waals surface area (Å²) in [6, 6.07) is 14.0. The Balaban J connectivity index is 1.41. The molecule has 0 spiro atoms. The van der Waals surface area contributed by atoms with Crippen molar-refractivity contribution in [1.82, 2.24) is 40.2 Å². The molecule has 0 radical (unpaired) electrons. The maximum Gasteiger partial charge on any atom is 0.416 e. The van der Waals surface area contributed by atoms with Crippen LogP contribution in [0.1, 0.15) is 47.0 Å². The lowest BCUT2D eigenvalue weighted by Gasteiger charge is -2.41. The highest BCUT2D eigenvalue weighted by molar-refractivity contribution is 5.61. The maximum absolute atomic E-state index is 13.8. The second-order valence-corrected chi connectivity index (χ2v) is 10.4. The van der Waals surface area contributed by atoms with Crippen LogP contribution < -0.4 is 0 Å². The Kier molecular flexibility index (Phi) is 8.29. The highest BCUT2D eigenvalue weighted by Gasteiger charge is 2.35. The smallest absolute Gasteiger partial charge is 0.372 e. The number of nitrogens with zero attached hydrogens (tertiary/aromatic N) is 7. The summed E-state index contributed by atoms with van der Waals surface area (Å²) < 4.78 is 49.3. The van der Waals surface area contributed by atoms with Gasteiger partial charge in [0.25, 0.3) is 0 Å². The molecule has 212 valence electrons. The van der Waals surface area contributed by atoms with Gasteiger partial charge >= 0.3 is 6.18 Å². The van der Waals surface area contributed by atoms with E-state index in [9.17, 15) is 13.2 Å². The fourth-order valence-electron chi connectivity index (χ4n) is 5.32. The van der Waals surface area contributed by atoms with Gasteiger partial charge in [-0.15, -0.1) is 5.10 Å². The molecule has 2 atom stereocenters. The van der Waals surface area contributed by atoms with Crippen LogP contribution >= 0.6 is 0 Å². The van der Waals surface area contributed by atoms with Gasteiger partial charge in [0, 0.05) is 25.7 Å². The third kappa shape index (κ3) is 6.40. The van der Waals surface area contributed by atoms with Gasteiger partial charge in [-0.2, -0.15) is 28.6 Å². The minimum atomic E-state index is -4.49. The predicted molar refractivity (Wildman–Crippen MR) is 143 cm³/mol. The second kappa shape index (κ2) is 11.9. The normalized spacial score (nSPS) is 18.5. The molecule has 4 aromatic rings.